The second kappa shape index (κ2) is 10.9. The van der Waals surface area contributed by atoms with Gasteiger partial charge >= 0.3 is 0 Å². The number of benzene rings is 2. The van der Waals surface area contributed by atoms with E-state index in [1.54, 1.807) is 25.4 Å². The lowest BCUT2D eigenvalue weighted by Gasteiger charge is -2.14. The van der Waals surface area contributed by atoms with Gasteiger partial charge in [0.1, 0.15) is 11.6 Å². The summed E-state index contributed by atoms with van der Waals surface area (Å²) in [5.74, 6) is 1.09. The fraction of sp³-hybridized carbons (Fsp3) is 0.240. The molecular formula is C25H28N4O3. The number of ether oxygens (including phenoxy) is 1. The summed E-state index contributed by atoms with van der Waals surface area (Å²) in [5.41, 5.74) is 2.72. The first-order valence-corrected chi connectivity index (χ1v) is 10.5. The molecular weight excluding hydrogens is 404 g/mol. The summed E-state index contributed by atoms with van der Waals surface area (Å²) in [7, 11) is 1.59. The highest BCUT2D eigenvalue weighted by Gasteiger charge is 2.14. The monoisotopic (exact) mass is 432 g/mol. The first-order valence-electron chi connectivity index (χ1n) is 10.5. The molecule has 0 saturated carbocycles. The average Bonchev–Trinajstić information content (AvgIpc) is 2.78. The third-order valence-electron chi connectivity index (χ3n) is 4.67. The van der Waals surface area contributed by atoms with E-state index in [1.165, 1.54) is 0 Å². The fourth-order valence-corrected chi connectivity index (χ4v) is 3.18. The van der Waals surface area contributed by atoms with Crippen molar-refractivity contribution in [2.24, 2.45) is 5.92 Å². The highest BCUT2D eigenvalue weighted by molar-refractivity contribution is 5.99. The zero-order valence-corrected chi connectivity index (χ0v) is 18.5. The number of anilines is 3. The Bertz CT molecular complexity index is 1080. The molecule has 7 nitrogen and oxygen atoms in total. The molecule has 0 fully saturated rings. The minimum atomic E-state index is -0.259. The van der Waals surface area contributed by atoms with Crippen LogP contribution in [0.2, 0.25) is 0 Å². The van der Waals surface area contributed by atoms with Crippen LogP contribution < -0.4 is 20.7 Å². The number of methoxy groups -OCH3 is 1. The van der Waals surface area contributed by atoms with Crippen LogP contribution in [-0.4, -0.2) is 23.9 Å². The average molecular weight is 433 g/mol. The Morgan fingerprint density at radius 3 is 2.62 bits per heavy atom. The van der Waals surface area contributed by atoms with Crippen LogP contribution in [0.3, 0.4) is 0 Å². The summed E-state index contributed by atoms with van der Waals surface area (Å²) in [6.07, 6.45) is 2.09. The fourth-order valence-electron chi connectivity index (χ4n) is 3.18. The van der Waals surface area contributed by atoms with Gasteiger partial charge in [0.2, 0.25) is 5.91 Å². The Morgan fingerprint density at radius 2 is 1.84 bits per heavy atom. The predicted molar refractivity (Wildman–Crippen MR) is 126 cm³/mol. The summed E-state index contributed by atoms with van der Waals surface area (Å²) in [6, 6.07) is 18.3. The molecule has 1 heterocycles. The van der Waals surface area contributed by atoms with Gasteiger partial charge in [-0.3, -0.25) is 9.59 Å². The van der Waals surface area contributed by atoms with Crippen molar-refractivity contribution in [1.29, 1.82) is 0 Å². The number of hydrogen-bond donors (Lipinski definition) is 3. The van der Waals surface area contributed by atoms with Crippen molar-refractivity contribution >= 4 is 29.0 Å². The largest absolute Gasteiger partial charge is 0.495 e. The lowest BCUT2D eigenvalue weighted by molar-refractivity contribution is -0.116. The Morgan fingerprint density at radius 1 is 1.03 bits per heavy atom. The normalized spacial score (nSPS) is 10.5. The van der Waals surface area contributed by atoms with Gasteiger partial charge in [0.25, 0.3) is 5.91 Å². The van der Waals surface area contributed by atoms with Gasteiger partial charge in [-0.1, -0.05) is 38.1 Å². The third-order valence-corrected chi connectivity index (χ3v) is 4.67. The van der Waals surface area contributed by atoms with E-state index >= 15 is 0 Å². The van der Waals surface area contributed by atoms with Crippen molar-refractivity contribution < 1.29 is 14.3 Å². The molecule has 3 N–H and O–H groups in total. The van der Waals surface area contributed by atoms with E-state index in [4.69, 9.17) is 4.74 Å². The van der Waals surface area contributed by atoms with Crippen LogP contribution >= 0.6 is 0 Å². The van der Waals surface area contributed by atoms with Crippen LogP contribution in [0.25, 0.3) is 0 Å². The molecule has 166 valence electrons. The van der Waals surface area contributed by atoms with Crippen molar-refractivity contribution in [2.45, 2.75) is 26.8 Å². The number of para-hydroxylation sites is 2. The summed E-state index contributed by atoms with van der Waals surface area (Å²) in [6.45, 7) is 4.32. The van der Waals surface area contributed by atoms with Crippen molar-refractivity contribution in [2.75, 3.05) is 17.7 Å². The molecule has 32 heavy (non-hydrogen) atoms. The van der Waals surface area contributed by atoms with Crippen molar-refractivity contribution in [1.82, 2.24) is 10.3 Å². The van der Waals surface area contributed by atoms with Crippen molar-refractivity contribution in [3.05, 3.63) is 78.0 Å². The maximum absolute atomic E-state index is 12.9. The third kappa shape index (κ3) is 6.31. The molecule has 3 aromatic rings. The second-order valence-electron chi connectivity index (χ2n) is 7.75. The Kier molecular flexibility index (Phi) is 7.80. The molecule has 0 aliphatic carbocycles. The molecule has 0 aliphatic rings. The molecule has 0 unspecified atom stereocenters. The highest BCUT2D eigenvalue weighted by Crippen LogP contribution is 2.27. The van der Waals surface area contributed by atoms with Crippen molar-refractivity contribution in [3.8, 4) is 5.75 Å². The summed E-state index contributed by atoms with van der Waals surface area (Å²) in [5, 5.41) is 8.99. The lowest BCUT2D eigenvalue weighted by atomic mass is 10.1. The van der Waals surface area contributed by atoms with E-state index < -0.39 is 0 Å². The maximum atomic E-state index is 12.9. The van der Waals surface area contributed by atoms with E-state index in [9.17, 15) is 9.59 Å². The van der Waals surface area contributed by atoms with E-state index in [-0.39, 0.29) is 17.7 Å². The van der Waals surface area contributed by atoms with Gasteiger partial charge in [-0.2, -0.15) is 0 Å². The Labute approximate surface area is 188 Å². The number of rotatable bonds is 9. The number of carbonyl (C=O) groups excluding carboxylic acids is 2. The number of pyridine rings is 1. The van der Waals surface area contributed by atoms with Gasteiger partial charge in [0, 0.05) is 24.8 Å². The molecule has 2 aromatic carbocycles. The molecule has 0 spiro atoms. The van der Waals surface area contributed by atoms with E-state index in [1.807, 2.05) is 62.4 Å². The van der Waals surface area contributed by atoms with Crippen LogP contribution in [0.5, 0.6) is 5.75 Å². The predicted octanol–water partition coefficient (Wildman–Crippen LogP) is 4.75. The lowest BCUT2D eigenvalue weighted by Crippen LogP contribution is -2.24. The van der Waals surface area contributed by atoms with Crippen LogP contribution in [0.4, 0.5) is 17.2 Å². The second-order valence-corrected chi connectivity index (χ2v) is 7.75. The molecule has 1 aromatic heterocycles. The zero-order valence-electron chi connectivity index (χ0n) is 18.5. The smallest absolute Gasteiger partial charge is 0.255 e. The first-order chi connectivity index (χ1) is 15.5. The SMILES string of the molecule is COc1ccccc1Nc1ncccc1C(=O)NCc1cccc(NC(=O)CC(C)C)c1. The number of nitrogens with zero attached hydrogens (tertiary/aromatic N) is 1. The molecule has 2 amide bonds. The molecule has 0 atom stereocenters. The maximum Gasteiger partial charge on any atom is 0.255 e. The minimum Gasteiger partial charge on any atom is -0.495 e. The number of amides is 2. The van der Waals surface area contributed by atoms with Crippen LogP contribution in [-0.2, 0) is 11.3 Å². The molecule has 7 heteroatoms. The first kappa shape index (κ1) is 22.8. The molecule has 0 bridgehead atoms. The number of hydrogen-bond acceptors (Lipinski definition) is 5. The van der Waals surface area contributed by atoms with E-state index in [0.29, 0.717) is 41.5 Å². The van der Waals surface area contributed by atoms with Gasteiger partial charge in [0.15, 0.2) is 0 Å². The zero-order chi connectivity index (χ0) is 22.9. The van der Waals surface area contributed by atoms with E-state index in [2.05, 4.69) is 20.9 Å². The number of carbonyl (C=O) groups is 2. The number of nitrogens with one attached hydrogen (secondary N) is 3. The van der Waals surface area contributed by atoms with Gasteiger partial charge in [0.05, 0.1) is 18.4 Å². The molecule has 0 aliphatic heterocycles. The standard InChI is InChI=1S/C25H28N4O3/c1-17(2)14-23(30)28-19-9-6-8-18(15-19)16-27-25(31)20-10-7-13-26-24(20)29-21-11-4-5-12-22(21)32-3/h4-13,15,17H,14,16H2,1-3H3,(H,26,29)(H,27,31)(H,28,30). The van der Waals surface area contributed by atoms with Gasteiger partial charge in [-0.15, -0.1) is 0 Å². The number of aromatic nitrogens is 1. The molecule has 0 radical (unpaired) electrons. The quantitative estimate of drug-likeness (QED) is 0.454. The Hall–Kier alpha value is -3.87. The van der Waals surface area contributed by atoms with Crippen LogP contribution in [0.15, 0.2) is 66.9 Å². The van der Waals surface area contributed by atoms with Gasteiger partial charge in [-0.25, -0.2) is 4.98 Å². The van der Waals surface area contributed by atoms with Gasteiger partial charge < -0.3 is 20.7 Å². The summed E-state index contributed by atoms with van der Waals surface area (Å²) < 4.78 is 5.36. The topological polar surface area (TPSA) is 92.3 Å². The van der Waals surface area contributed by atoms with E-state index in [0.717, 1.165) is 5.56 Å². The molecule has 0 saturated heterocycles. The van der Waals surface area contributed by atoms with Gasteiger partial charge in [-0.05, 0) is 47.9 Å². The Balaban J connectivity index is 1.67. The minimum absolute atomic E-state index is 0.0244. The molecule has 3 rings (SSSR count). The summed E-state index contributed by atoms with van der Waals surface area (Å²) in [4.78, 5) is 29.2. The van der Waals surface area contributed by atoms with Crippen LogP contribution in [0, 0.1) is 5.92 Å². The van der Waals surface area contributed by atoms with Crippen LogP contribution in [0.1, 0.15) is 36.2 Å². The summed E-state index contributed by atoms with van der Waals surface area (Å²) >= 11 is 0. The van der Waals surface area contributed by atoms with Crippen molar-refractivity contribution in [3.63, 3.8) is 0 Å². The highest BCUT2D eigenvalue weighted by atomic mass is 16.5.